The van der Waals surface area contributed by atoms with Crippen molar-refractivity contribution >= 4 is 11.8 Å². The lowest BCUT2D eigenvalue weighted by Crippen LogP contribution is -2.70. The fourth-order valence-electron chi connectivity index (χ4n) is 6.35. The van der Waals surface area contributed by atoms with Crippen LogP contribution in [-0.2, 0) is 42.7 Å². The van der Waals surface area contributed by atoms with Gasteiger partial charge in [0.2, 0.25) is 11.8 Å². The van der Waals surface area contributed by atoms with Gasteiger partial charge in [-0.3, -0.25) is 9.59 Å². The van der Waals surface area contributed by atoms with E-state index in [9.17, 15) is 70.9 Å². The van der Waals surface area contributed by atoms with Gasteiger partial charge in [0.25, 0.3) is 0 Å². The van der Waals surface area contributed by atoms with Crippen molar-refractivity contribution in [2.75, 3.05) is 26.4 Å². The molecule has 51 heavy (non-hydrogen) atoms. The predicted molar refractivity (Wildman–Crippen MR) is 157 cm³/mol. The molecule has 0 radical (unpaired) electrons. The van der Waals surface area contributed by atoms with Crippen LogP contribution in [0.1, 0.15) is 13.8 Å². The molecule has 4 saturated heterocycles. The first-order valence-corrected chi connectivity index (χ1v) is 16.1. The SMILES string of the molecule is CC(=O)N[C@@H]1[C@@H](O[C@@H]2O[C@H](CO)[C@H](O[C@@H]3O[C@H](CO)[C@@H](O)[C@H](O[C@@H]4O[C@H](CO)[C@H](O)[C@H](O)[C@H]4O)[C@H]3NC(C)=O)[C@H](O)[C@H]2O)[C@@H](O)[C@@H](CO)O[C@@H]1O. The fourth-order valence-corrected chi connectivity index (χ4v) is 6.35. The van der Waals surface area contributed by atoms with Gasteiger partial charge in [0.1, 0.15) is 97.5 Å². The first kappa shape index (κ1) is 41.9. The van der Waals surface area contributed by atoms with Crippen LogP contribution in [0, 0.1) is 0 Å². The van der Waals surface area contributed by atoms with Gasteiger partial charge in [-0.05, 0) is 0 Å². The summed E-state index contributed by atoms with van der Waals surface area (Å²) in [6.07, 6.45) is -31.5. The molecule has 0 spiro atoms. The second-order valence-electron chi connectivity index (χ2n) is 12.6. The Morgan fingerprint density at radius 3 is 1.37 bits per heavy atom. The van der Waals surface area contributed by atoms with Crippen molar-refractivity contribution in [3.63, 3.8) is 0 Å². The third-order valence-electron chi connectivity index (χ3n) is 9.01. The minimum atomic E-state index is -2.06. The van der Waals surface area contributed by atoms with Crippen molar-refractivity contribution in [2.45, 2.75) is 137 Å². The minimum absolute atomic E-state index is 0.681. The predicted octanol–water partition coefficient (Wildman–Crippen LogP) is -9.46. The van der Waals surface area contributed by atoms with Gasteiger partial charge in [-0.2, -0.15) is 0 Å². The summed E-state index contributed by atoms with van der Waals surface area (Å²) < 4.78 is 39.2. The third kappa shape index (κ3) is 9.11. The van der Waals surface area contributed by atoms with Crippen LogP contribution in [0.2, 0.25) is 0 Å². The molecule has 4 rings (SSSR count). The molecular weight excluding hydrogens is 700 g/mol. The van der Waals surface area contributed by atoms with Crippen LogP contribution in [0.3, 0.4) is 0 Å². The Bertz CT molecular complexity index is 1140. The van der Waals surface area contributed by atoms with Crippen LogP contribution in [-0.4, -0.2) is 222 Å². The van der Waals surface area contributed by atoms with E-state index in [0.29, 0.717) is 0 Å². The van der Waals surface area contributed by atoms with E-state index >= 15 is 0 Å². The Kier molecular flexibility index (Phi) is 14.8. The molecule has 4 heterocycles. The number of hydrogen-bond donors (Lipinski definition) is 14. The second-order valence-corrected chi connectivity index (χ2v) is 12.6. The molecule has 4 fully saturated rings. The molecule has 14 N–H and O–H groups in total. The van der Waals surface area contributed by atoms with Crippen LogP contribution < -0.4 is 10.6 Å². The van der Waals surface area contributed by atoms with Crippen molar-refractivity contribution < 1.29 is 104 Å². The standard InChI is InChI=1S/C28H48N2O21/c1-7(35)29-13-23(16(38)10(4-32)45-25(13)44)50-28-21(43)19(41)22(12(6-34)48-28)49-26-14(30-8(2)36)24(17(39)11(5-33)46-26)51-27-20(42)18(40)15(37)9(3-31)47-27/h9-28,31-34,37-44H,3-6H2,1-2H3,(H,29,35)(H,30,36)/t9-,10-,11-,12-,13-,14-,15+,16+,17-,18+,19-,20-,21-,22+,23-,24-,25+,26+,27+,28+/m1/s1. The smallest absolute Gasteiger partial charge is 0.217 e. The number of nitrogens with one attached hydrogen (secondary N) is 2. The molecule has 23 nitrogen and oxygen atoms in total. The highest BCUT2D eigenvalue weighted by Gasteiger charge is 2.56. The molecule has 4 aliphatic rings. The minimum Gasteiger partial charge on any atom is -0.394 e. The summed E-state index contributed by atoms with van der Waals surface area (Å²) in [6, 6.07) is -3.05. The van der Waals surface area contributed by atoms with Crippen molar-refractivity contribution in [3.8, 4) is 0 Å². The van der Waals surface area contributed by atoms with Crippen molar-refractivity contribution in [3.05, 3.63) is 0 Å². The van der Waals surface area contributed by atoms with Gasteiger partial charge in [-0.25, -0.2) is 0 Å². The van der Waals surface area contributed by atoms with Gasteiger partial charge < -0.3 is 105 Å². The van der Waals surface area contributed by atoms with Crippen LogP contribution >= 0.6 is 0 Å². The quantitative estimate of drug-likeness (QED) is 0.0881. The molecule has 0 saturated carbocycles. The average Bonchev–Trinajstić information content (AvgIpc) is 3.09. The van der Waals surface area contributed by atoms with Crippen LogP contribution in [0.5, 0.6) is 0 Å². The highest BCUT2D eigenvalue weighted by Crippen LogP contribution is 2.34. The molecule has 0 aliphatic carbocycles. The summed E-state index contributed by atoms with van der Waals surface area (Å²) in [5, 5.41) is 130. The molecule has 0 aromatic carbocycles. The van der Waals surface area contributed by atoms with Gasteiger partial charge in [0, 0.05) is 13.8 Å². The van der Waals surface area contributed by atoms with E-state index in [-0.39, 0.29) is 0 Å². The summed E-state index contributed by atoms with van der Waals surface area (Å²) in [5.41, 5.74) is 0. The largest absolute Gasteiger partial charge is 0.394 e. The van der Waals surface area contributed by atoms with Gasteiger partial charge in [-0.1, -0.05) is 0 Å². The van der Waals surface area contributed by atoms with Gasteiger partial charge in [0.05, 0.1) is 26.4 Å². The Balaban J connectivity index is 1.58. The molecule has 0 aromatic rings. The lowest BCUT2D eigenvalue weighted by atomic mass is 9.94. The molecule has 0 aromatic heterocycles. The van der Waals surface area contributed by atoms with E-state index in [1.165, 1.54) is 0 Å². The van der Waals surface area contributed by atoms with E-state index in [0.717, 1.165) is 13.8 Å². The lowest BCUT2D eigenvalue weighted by Gasteiger charge is -2.50. The lowest BCUT2D eigenvalue weighted by molar-refractivity contribution is -0.374. The van der Waals surface area contributed by atoms with Crippen LogP contribution in [0.25, 0.3) is 0 Å². The number of amides is 2. The number of aliphatic hydroxyl groups is 12. The third-order valence-corrected chi connectivity index (χ3v) is 9.01. The first-order chi connectivity index (χ1) is 24.1. The molecule has 23 heteroatoms. The second kappa shape index (κ2) is 18.0. The summed E-state index contributed by atoms with van der Waals surface area (Å²) in [5.74, 6) is -1.44. The number of aliphatic hydroxyl groups excluding tert-OH is 12. The number of carbonyl (C=O) groups excluding carboxylic acids is 2. The zero-order valence-corrected chi connectivity index (χ0v) is 27.4. The van der Waals surface area contributed by atoms with Crippen LogP contribution in [0.4, 0.5) is 0 Å². The average molecular weight is 749 g/mol. The van der Waals surface area contributed by atoms with Crippen molar-refractivity contribution in [1.82, 2.24) is 10.6 Å². The molecule has 0 unspecified atom stereocenters. The first-order valence-electron chi connectivity index (χ1n) is 16.1. The Morgan fingerprint density at radius 1 is 0.471 bits per heavy atom. The molecular formula is C28H48N2O21. The maximum Gasteiger partial charge on any atom is 0.217 e. The van der Waals surface area contributed by atoms with Crippen molar-refractivity contribution in [2.24, 2.45) is 0 Å². The molecule has 4 aliphatic heterocycles. The Hall–Kier alpha value is -1.82. The Morgan fingerprint density at radius 2 is 0.863 bits per heavy atom. The van der Waals surface area contributed by atoms with E-state index < -0.39 is 161 Å². The Labute approximate surface area is 289 Å². The number of rotatable bonds is 12. The zero-order chi connectivity index (χ0) is 37.9. The zero-order valence-electron chi connectivity index (χ0n) is 27.4. The van der Waals surface area contributed by atoms with Crippen molar-refractivity contribution in [1.29, 1.82) is 0 Å². The molecule has 296 valence electrons. The van der Waals surface area contributed by atoms with E-state index in [1.807, 2.05) is 0 Å². The molecule has 2 amide bonds. The highest BCUT2D eigenvalue weighted by molar-refractivity contribution is 5.73. The highest BCUT2D eigenvalue weighted by atomic mass is 16.8. The topological polar surface area (TPSA) is 366 Å². The summed E-state index contributed by atoms with van der Waals surface area (Å²) in [6.45, 7) is -1.29. The normalized spacial score (nSPS) is 47.8. The van der Waals surface area contributed by atoms with Gasteiger partial charge in [-0.15, -0.1) is 0 Å². The molecule has 0 bridgehead atoms. The van der Waals surface area contributed by atoms with E-state index in [4.69, 9.17) is 33.2 Å². The summed E-state index contributed by atoms with van der Waals surface area (Å²) in [4.78, 5) is 24.1. The van der Waals surface area contributed by atoms with E-state index in [1.54, 1.807) is 0 Å². The number of ether oxygens (including phenoxy) is 7. The summed E-state index contributed by atoms with van der Waals surface area (Å²) >= 11 is 0. The monoisotopic (exact) mass is 748 g/mol. The summed E-state index contributed by atoms with van der Waals surface area (Å²) in [7, 11) is 0. The number of hydrogen-bond acceptors (Lipinski definition) is 21. The maximum absolute atomic E-state index is 12.3. The van der Waals surface area contributed by atoms with Gasteiger partial charge >= 0.3 is 0 Å². The number of carbonyl (C=O) groups is 2. The fraction of sp³-hybridized carbons (Fsp3) is 0.929. The van der Waals surface area contributed by atoms with E-state index in [2.05, 4.69) is 10.6 Å². The maximum atomic E-state index is 12.3. The molecule has 20 atom stereocenters. The van der Waals surface area contributed by atoms with Crippen LogP contribution in [0.15, 0.2) is 0 Å². The van der Waals surface area contributed by atoms with Gasteiger partial charge in [0.15, 0.2) is 25.2 Å².